The number of thioether (sulfide) groups is 2. The van der Waals surface area contributed by atoms with E-state index in [9.17, 15) is 14.7 Å². The second-order valence-electron chi connectivity index (χ2n) is 7.07. The van der Waals surface area contributed by atoms with Crippen molar-refractivity contribution in [2.24, 2.45) is 0 Å². The highest BCUT2D eigenvalue weighted by Crippen LogP contribution is 2.27. The van der Waals surface area contributed by atoms with Crippen molar-refractivity contribution in [2.75, 3.05) is 35.5 Å². The van der Waals surface area contributed by atoms with Gasteiger partial charge >= 0.3 is 5.97 Å². The van der Waals surface area contributed by atoms with Crippen LogP contribution < -0.4 is 16.0 Å². The Morgan fingerprint density at radius 2 is 2.03 bits per heavy atom. The number of hydrogen-bond donors (Lipinski definition) is 4. The summed E-state index contributed by atoms with van der Waals surface area (Å²) < 4.78 is 0. The average Bonchev–Trinajstić information content (AvgIpc) is 3.29. The van der Waals surface area contributed by atoms with Crippen LogP contribution in [0.25, 0.3) is 11.1 Å². The van der Waals surface area contributed by atoms with E-state index in [0.717, 1.165) is 35.0 Å². The van der Waals surface area contributed by atoms with Gasteiger partial charge in [-0.1, -0.05) is 30.3 Å². The van der Waals surface area contributed by atoms with Gasteiger partial charge < -0.3 is 21.1 Å². The van der Waals surface area contributed by atoms with Gasteiger partial charge in [-0.2, -0.15) is 11.8 Å². The molecule has 1 saturated heterocycles. The van der Waals surface area contributed by atoms with Gasteiger partial charge in [0.25, 0.3) is 5.91 Å². The van der Waals surface area contributed by atoms with E-state index in [2.05, 4.69) is 16.0 Å². The zero-order chi connectivity index (χ0) is 21.3. The molecule has 1 amide bonds. The Kier molecular flexibility index (Phi) is 10.5. The van der Waals surface area contributed by atoms with Crippen LogP contribution in [-0.4, -0.2) is 59.2 Å². The maximum atomic E-state index is 13.0. The molecule has 0 aromatic heterocycles. The van der Waals surface area contributed by atoms with Crippen LogP contribution in [0.4, 0.5) is 5.69 Å². The van der Waals surface area contributed by atoms with Crippen molar-refractivity contribution in [3.63, 3.8) is 0 Å². The molecule has 2 aromatic rings. The number of aliphatic carboxylic acids is 1. The molecule has 2 atom stereocenters. The molecule has 0 radical (unpaired) electrons. The summed E-state index contributed by atoms with van der Waals surface area (Å²) in [5, 5.41) is 19.0. The Hall–Kier alpha value is -1.87. The van der Waals surface area contributed by atoms with E-state index in [1.165, 1.54) is 0 Å². The van der Waals surface area contributed by atoms with Crippen molar-refractivity contribution in [3.05, 3.63) is 54.1 Å². The molecule has 2 aromatic carbocycles. The van der Waals surface area contributed by atoms with Crippen molar-refractivity contribution in [2.45, 2.75) is 18.5 Å². The minimum Gasteiger partial charge on any atom is -0.480 e. The smallest absolute Gasteiger partial charge is 0.326 e. The fourth-order valence-electron chi connectivity index (χ4n) is 3.25. The molecule has 1 heterocycles. The number of carbonyl (C=O) groups is 2. The number of carboxylic acids is 1. The topological polar surface area (TPSA) is 90.5 Å². The van der Waals surface area contributed by atoms with Gasteiger partial charge in [-0.15, -0.1) is 24.2 Å². The molecule has 9 heteroatoms. The Bertz CT molecular complexity index is 864. The highest BCUT2D eigenvalue weighted by molar-refractivity contribution is 7.99. The Morgan fingerprint density at radius 1 is 1.26 bits per heavy atom. The van der Waals surface area contributed by atoms with E-state index < -0.39 is 12.0 Å². The predicted molar refractivity (Wildman–Crippen MR) is 134 cm³/mol. The molecular formula is C22H28ClN3O3S2. The van der Waals surface area contributed by atoms with E-state index in [1.807, 2.05) is 60.5 Å². The number of benzene rings is 2. The third-order valence-corrected chi connectivity index (χ3v) is 6.56. The van der Waals surface area contributed by atoms with Crippen LogP contribution in [-0.2, 0) is 4.79 Å². The summed E-state index contributed by atoms with van der Waals surface area (Å²) in [6.07, 6.45) is 2.30. The van der Waals surface area contributed by atoms with Crippen molar-refractivity contribution in [1.29, 1.82) is 0 Å². The molecule has 0 spiro atoms. The normalized spacial score (nSPS) is 16.2. The zero-order valence-corrected chi connectivity index (χ0v) is 19.7. The van der Waals surface area contributed by atoms with E-state index in [-0.39, 0.29) is 18.3 Å². The number of hydrogen-bond acceptors (Lipinski definition) is 6. The lowest BCUT2D eigenvalue weighted by Crippen LogP contribution is -2.41. The molecule has 168 valence electrons. The Labute approximate surface area is 197 Å². The molecule has 0 aliphatic carbocycles. The summed E-state index contributed by atoms with van der Waals surface area (Å²) in [6.45, 7) is 0.808. The maximum absolute atomic E-state index is 13.0. The second-order valence-corrected chi connectivity index (χ2v) is 9.09. The molecule has 31 heavy (non-hydrogen) atoms. The molecule has 4 N–H and O–H groups in total. The molecule has 0 bridgehead atoms. The van der Waals surface area contributed by atoms with E-state index >= 15 is 0 Å². The molecule has 1 aliphatic rings. The fourth-order valence-corrected chi connectivity index (χ4v) is 4.71. The van der Waals surface area contributed by atoms with Crippen LogP contribution in [0, 0.1) is 0 Å². The number of rotatable bonds is 10. The van der Waals surface area contributed by atoms with Crippen LogP contribution >= 0.6 is 35.9 Å². The van der Waals surface area contributed by atoms with Crippen molar-refractivity contribution in [1.82, 2.24) is 10.6 Å². The molecule has 0 saturated carbocycles. The standard InChI is InChI=1S/C22H27N3O3S2.ClH/c1-29-10-9-20(22(27)28)25-21(26)18-8-7-16(23-12-17-13-30-14-24-17)11-19(18)15-5-3-2-4-6-15;/h2-8,11,17,20,23-24H,9-10,12-14H2,1H3,(H,25,26)(H,27,28);1H/t17-,20?;/m1./s1. The monoisotopic (exact) mass is 481 g/mol. The molecule has 1 unspecified atom stereocenters. The minimum atomic E-state index is -1.01. The van der Waals surface area contributed by atoms with Crippen LogP contribution in [0.5, 0.6) is 0 Å². The first-order chi connectivity index (χ1) is 14.6. The summed E-state index contributed by atoms with van der Waals surface area (Å²) in [7, 11) is 0. The highest BCUT2D eigenvalue weighted by Gasteiger charge is 2.22. The van der Waals surface area contributed by atoms with Crippen LogP contribution in [0.3, 0.4) is 0 Å². The summed E-state index contributed by atoms with van der Waals surface area (Å²) >= 11 is 3.44. The molecule has 6 nitrogen and oxygen atoms in total. The second kappa shape index (κ2) is 12.9. The molecular weight excluding hydrogens is 454 g/mol. The lowest BCUT2D eigenvalue weighted by Gasteiger charge is -2.18. The third-order valence-electron chi connectivity index (χ3n) is 4.91. The molecule has 1 fully saturated rings. The van der Waals surface area contributed by atoms with Crippen LogP contribution in [0.15, 0.2) is 48.5 Å². The van der Waals surface area contributed by atoms with E-state index in [1.54, 1.807) is 17.8 Å². The molecule has 3 rings (SSSR count). The maximum Gasteiger partial charge on any atom is 0.326 e. The highest BCUT2D eigenvalue weighted by atomic mass is 35.5. The number of anilines is 1. The number of nitrogens with one attached hydrogen (secondary N) is 3. The van der Waals surface area contributed by atoms with Gasteiger partial charge in [0.2, 0.25) is 0 Å². The van der Waals surface area contributed by atoms with Gasteiger partial charge in [-0.25, -0.2) is 4.79 Å². The molecule has 1 aliphatic heterocycles. The first-order valence-electron chi connectivity index (χ1n) is 9.85. The van der Waals surface area contributed by atoms with E-state index in [4.69, 9.17) is 0 Å². The van der Waals surface area contributed by atoms with Gasteiger partial charge in [-0.05, 0) is 47.8 Å². The number of carbonyl (C=O) groups excluding carboxylic acids is 1. The van der Waals surface area contributed by atoms with Gasteiger partial charge in [0.1, 0.15) is 6.04 Å². The van der Waals surface area contributed by atoms with Crippen molar-refractivity contribution < 1.29 is 14.7 Å². The van der Waals surface area contributed by atoms with Crippen LogP contribution in [0.2, 0.25) is 0 Å². The first-order valence-corrected chi connectivity index (χ1v) is 12.4. The number of carboxylic acid groups (broad SMARTS) is 1. The lowest BCUT2D eigenvalue weighted by molar-refractivity contribution is -0.139. The number of amides is 1. The first kappa shape index (κ1) is 25.4. The third kappa shape index (κ3) is 7.35. The Morgan fingerprint density at radius 3 is 2.68 bits per heavy atom. The summed E-state index contributed by atoms with van der Waals surface area (Å²) in [5.41, 5.74) is 3.09. The van der Waals surface area contributed by atoms with E-state index in [0.29, 0.717) is 23.8 Å². The van der Waals surface area contributed by atoms with Gasteiger partial charge in [0.05, 0.1) is 0 Å². The minimum absolute atomic E-state index is 0. The zero-order valence-electron chi connectivity index (χ0n) is 17.3. The fraction of sp³-hybridized carbons (Fsp3) is 0.364. The van der Waals surface area contributed by atoms with Gasteiger partial charge in [0, 0.05) is 35.5 Å². The lowest BCUT2D eigenvalue weighted by atomic mass is 9.98. The van der Waals surface area contributed by atoms with Gasteiger partial charge in [0.15, 0.2) is 0 Å². The summed E-state index contributed by atoms with van der Waals surface area (Å²) in [5.74, 6) is 1.33. The Balaban J connectivity index is 0.00000341. The average molecular weight is 482 g/mol. The van der Waals surface area contributed by atoms with Crippen molar-refractivity contribution in [3.8, 4) is 11.1 Å². The van der Waals surface area contributed by atoms with Gasteiger partial charge in [-0.3, -0.25) is 4.79 Å². The van der Waals surface area contributed by atoms with Crippen LogP contribution in [0.1, 0.15) is 16.8 Å². The number of halogens is 1. The summed E-state index contributed by atoms with van der Waals surface area (Å²) in [4.78, 5) is 24.5. The SMILES string of the molecule is CSCCC(NC(=O)c1ccc(NC[C@@H]2CSCN2)cc1-c1ccccc1)C(=O)O.Cl. The largest absolute Gasteiger partial charge is 0.480 e. The quantitative estimate of drug-likeness (QED) is 0.410. The summed E-state index contributed by atoms with van der Waals surface area (Å²) in [6, 6.07) is 14.8. The van der Waals surface area contributed by atoms with Crippen molar-refractivity contribution >= 4 is 53.5 Å². The predicted octanol–water partition coefficient (Wildman–Crippen LogP) is 3.79.